The third-order valence-electron chi connectivity index (χ3n) is 3.53. The van der Waals surface area contributed by atoms with Crippen LogP contribution in [0.25, 0.3) is 0 Å². The van der Waals surface area contributed by atoms with E-state index in [-0.39, 0.29) is 5.91 Å². The fourth-order valence-corrected chi connectivity index (χ4v) is 3.08. The van der Waals surface area contributed by atoms with Gasteiger partial charge in [-0.25, -0.2) is 0 Å². The zero-order valence-electron chi connectivity index (χ0n) is 13.8. The normalized spacial score (nSPS) is 10.3. The molecule has 2 aromatic rings. The monoisotopic (exact) mass is 335 g/mol. The first-order valence-electron chi connectivity index (χ1n) is 7.26. The molecule has 0 unspecified atom stereocenters. The van der Waals surface area contributed by atoms with Crippen molar-refractivity contribution in [2.45, 2.75) is 13.5 Å². The number of rotatable bonds is 7. The Morgan fingerprint density at radius 1 is 1.09 bits per heavy atom. The van der Waals surface area contributed by atoms with Gasteiger partial charge < -0.3 is 19.1 Å². The van der Waals surface area contributed by atoms with E-state index in [0.29, 0.717) is 35.9 Å². The SMILES string of the molecule is CCN(Cc1cccs1)C(=O)c1ccc(OC)c(OC)c1OC. The number of methoxy groups -OCH3 is 3. The second-order valence-electron chi connectivity index (χ2n) is 4.78. The number of carbonyl (C=O) groups is 1. The lowest BCUT2D eigenvalue weighted by molar-refractivity contribution is 0.0750. The Balaban J connectivity index is 2.37. The molecule has 1 aromatic heterocycles. The maximum absolute atomic E-state index is 12.9. The summed E-state index contributed by atoms with van der Waals surface area (Å²) in [5, 5.41) is 2.00. The predicted molar refractivity (Wildman–Crippen MR) is 90.8 cm³/mol. The molecule has 0 saturated heterocycles. The van der Waals surface area contributed by atoms with Crippen LogP contribution < -0.4 is 14.2 Å². The van der Waals surface area contributed by atoms with Gasteiger partial charge in [0.2, 0.25) is 5.75 Å². The van der Waals surface area contributed by atoms with Crippen molar-refractivity contribution in [2.24, 2.45) is 0 Å². The van der Waals surface area contributed by atoms with E-state index in [2.05, 4.69) is 0 Å². The summed E-state index contributed by atoms with van der Waals surface area (Å²) in [6.45, 7) is 3.14. The lowest BCUT2D eigenvalue weighted by Crippen LogP contribution is -2.30. The van der Waals surface area contributed by atoms with Crippen LogP contribution in [0.15, 0.2) is 29.6 Å². The zero-order valence-corrected chi connectivity index (χ0v) is 14.6. The van der Waals surface area contributed by atoms with Crippen LogP contribution in [0.5, 0.6) is 17.2 Å². The average molecular weight is 335 g/mol. The fraction of sp³-hybridized carbons (Fsp3) is 0.353. The molecule has 1 heterocycles. The van der Waals surface area contributed by atoms with E-state index in [1.807, 2.05) is 24.4 Å². The van der Waals surface area contributed by atoms with Gasteiger partial charge >= 0.3 is 0 Å². The number of benzene rings is 1. The number of hydrogen-bond donors (Lipinski definition) is 0. The van der Waals surface area contributed by atoms with Gasteiger partial charge in [-0.05, 0) is 30.5 Å². The molecule has 0 aliphatic rings. The molecule has 1 amide bonds. The maximum Gasteiger partial charge on any atom is 0.258 e. The second-order valence-corrected chi connectivity index (χ2v) is 5.81. The van der Waals surface area contributed by atoms with E-state index in [9.17, 15) is 4.79 Å². The van der Waals surface area contributed by atoms with Crippen LogP contribution in [0.2, 0.25) is 0 Å². The van der Waals surface area contributed by atoms with E-state index in [0.717, 1.165) is 4.88 Å². The summed E-state index contributed by atoms with van der Waals surface area (Å²) >= 11 is 1.63. The molecule has 0 fully saturated rings. The second kappa shape index (κ2) is 7.87. The molecule has 0 saturated carbocycles. The van der Waals surface area contributed by atoms with Crippen molar-refractivity contribution < 1.29 is 19.0 Å². The predicted octanol–water partition coefficient (Wildman–Crippen LogP) is 3.44. The lowest BCUT2D eigenvalue weighted by atomic mass is 10.1. The Hall–Kier alpha value is -2.21. The van der Waals surface area contributed by atoms with Gasteiger partial charge in [-0.1, -0.05) is 6.07 Å². The first kappa shape index (κ1) is 17.1. The van der Waals surface area contributed by atoms with E-state index >= 15 is 0 Å². The summed E-state index contributed by atoms with van der Waals surface area (Å²) in [5.74, 6) is 1.25. The van der Waals surface area contributed by atoms with Gasteiger partial charge in [-0.2, -0.15) is 0 Å². The molecule has 23 heavy (non-hydrogen) atoms. The molecule has 5 nitrogen and oxygen atoms in total. The van der Waals surface area contributed by atoms with Crippen molar-refractivity contribution in [3.05, 3.63) is 40.1 Å². The molecule has 0 N–H and O–H groups in total. The summed E-state index contributed by atoms with van der Waals surface area (Å²) < 4.78 is 16.0. The number of ether oxygens (including phenoxy) is 3. The van der Waals surface area contributed by atoms with Gasteiger partial charge in [0.25, 0.3) is 5.91 Å². The first-order valence-corrected chi connectivity index (χ1v) is 8.14. The highest BCUT2D eigenvalue weighted by molar-refractivity contribution is 7.09. The van der Waals surface area contributed by atoms with Crippen molar-refractivity contribution in [2.75, 3.05) is 27.9 Å². The van der Waals surface area contributed by atoms with Crippen LogP contribution in [0, 0.1) is 0 Å². The standard InChI is InChI=1S/C17H21NO4S/c1-5-18(11-12-7-6-10-23-12)17(19)13-8-9-14(20-2)16(22-4)15(13)21-3/h6-10H,5,11H2,1-4H3. The van der Waals surface area contributed by atoms with Crippen LogP contribution in [0.3, 0.4) is 0 Å². The number of nitrogens with zero attached hydrogens (tertiary/aromatic N) is 1. The van der Waals surface area contributed by atoms with E-state index in [4.69, 9.17) is 14.2 Å². The van der Waals surface area contributed by atoms with Crippen molar-refractivity contribution >= 4 is 17.2 Å². The average Bonchev–Trinajstić information content (AvgIpc) is 3.10. The number of amides is 1. The Morgan fingerprint density at radius 3 is 2.35 bits per heavy atom. The van der Waals surface area contributed by atoms with E-state index in [1.54, 1.807) is 35.5 Å². The molecule has 0 radical (unpaired) electrons. The van der Waals surface area contributed by atoms with Crippen LogP contribution >= 0.6 is 11.3 Å². The minimum Gasteiger partial charge on any atom is -0.493 e. The number of hydrogen-bond acceptors (Lipinski definition) is 5. The molecule has 0 spiro atoms. The minimum atomic E-state index is -0.0984. The largest absolute Gasteiger partial charge is 0.493 e. The summed E-state index contributed by atoms with van der Waals surface area (Å²) in [7, 11) is 4.59. The molecule has 124 valence electrons. The third-order valence-corrected chi connectivity index (χ3v) is 4.39. The molecule has 2 rings (SSSR count). The van der Waals surface area contributed by atoms with Gasteiger partial charge in [-0.3, -0.25) is 4.79 Å². The summed E-state index contributed by atoms with van der Waals surface area (Å²) in [4.78, 5) is 15.8. The van der Waals surface area contributed by atoms with E-state index in [1.165, 1.54) is 14.2 Å². The molecule has 6 heteroatoms. The van der Waals surface area contributed by atoms with Gasteiger partial charge in [0, 0.05) is 11.4 Å². The zero-order chi connectivity index (χ0) is 16.8. The van der Waals surface area contributed by atoms with Crippen LogP contribution in [0.4, 0.5) is 0 Å². The number of thiophene rings is 1. The molecular weight excluding hydrogens is 314 g/mol. The summed E-state index contributed by atoms with van der Waals surface area (Å²) in [6, 6.07) is 7.43. The third kappa shape index (κ3) is 3.59. The highest BCUT2D eigenvalue weighted by atomic mass is 32.1. The summed E-state index contributed by atoms with van der Waals surface area (Å²) in [6.07, 6.45) is 0. The molecule has 0 atom stereocenters. The quantitative estimate of drug-likeness (QED) is 0.778. The van der Waals surface area contributed by atoms with Crippen molar-refractivity contribution in [1.82, 2.24) is 4.90 Å². The molecule has 1 aromatic carbocycles. The van der Waals surface area contributed by atoms with Gasteiger partial charge in [0.05, 0.1) is 33.4 Å². The lowest BCUT2D eigenvalue weighted by Gasteiger charge is -2.22. The smallest absolute Gasteiger partial charge is 0.258 e. The number of carbonyl (C=O) groups excluding carboxylic acids is 1. The van der Waals surface area contributed by atoms with Crippen molar-refractivity contribution in [3.8, 4) is 17.2 Å². The van der Waals surface area contributed by atoms with Crippen molar-refractivity contribution in [3.63, 3.8) is 0 Å². The van der Waals surface area contributed by atoms with Crippen LogP contribution in [-0.4, -0.2) is 38.7 Å². The molecule has 0 bridgehead atoms. The minimum absolute atomic E-state index is 0.0984. The highest BCUT2D eigenvalue weighted by Gasteiger charge is 2.24. The van der Waals surface area contributed by atoms with E-state index < -0.39 is 0 Å². The Kier molecular flexibility index (Phi) is 5.87. The molecule has 0 aliphatic heterocycles. The summed E-state index contributed by atoms with van der Waals surface area (Å²) in [5.41, 5.74) is 0.462. The molecule has 0 aliphatic carbocycles. The van der Waals surface area contributed by atoms with Gasteiger partial charge in [0.1, 0.15) is 0 Å². The molecular formula is C17H21NO4S. The first-order chi connectivity index (χ1) is 11.2. The van der Waals surface area contributed by atoms with Crippen LogP contribution in [-0.2, 0) is 6.54 Å². The highest BCUT2D eigenvalue weighted by Crippen LogP contribution is 2.40. The topological polar surface area (TPSA) is 48.0 Å². The Labute approximate surface area is 140 Å². The maximum atomic E-state index is 12.9. The van der Waals surface area contributed by atoms with Crippen LogP contribution in [0.1, 0.15) is 22.2 Å². The Bertz CT molecular complexity index is 655. The fourth-order valence-electron chi connectivity index (χ4n) is 2.36. The van der Waals surface area contributed by atoms with Gasteiger partial charge in [-0.15, -0.1) is 11.3 Å². The van der Waals surface area contributed by atoms with Gasteiger partial charge in [0.15, 0.2) is 11.5 Å². The Morgan fingerprint density at radius 2 is 1.83 bits per heavy atom. The van der Waals surface area contributed by atoms with Crippen molar-refractivity contribution in [1.29, 1.82) is 0 Å².